The van der Waals surface area contributed by atoms with Gasteiger partial charge in [0.2, 0.25) is 0 Å². The molecule has 2 rings (SSSR count). The van der Waals surface area contributed by atoms with E-state index in [0.717, 1.165) is 11.4 Å². The first-order valence-corrected chi connectivity index (χ1v) is 10.0. The van der Waals surface area contributed by atoms with Crippen molar-refractivity contribution >= 4 is 13.3 Å². The second kappa shape index (κ2) is 8.54. The van der Waals surface area contributed by atoms with Crippen molar-refractivity contribution in [2.75, 3.05) is 25.1 Å². The van der Waals surface area contributed by atoms with Crippen molar-refractivity contribution in [2.45, 2.75) is 20.8 Å². The molecule has 0 saturated carbocycles. The fourth-order valence-corrected chi connectivity index (χ4v) is 4.01. The van der Waals surface area contributed by atoms with Gasteiger partial charge in [-0.15, -0.1) is 0 Å². The number of anilines is 1. The van der Waals surface area contributed by atoms with Crippen molar-refractivity contribution in [3.63, 3.8) is 0 Å². The standard InChI is InChI=1S/C18H26N3O4P/c1-6-24-26(23,25-7-2)14(3)13-19-17-15(4)20(5)21(18(17)22)16-11-9-8-10-12-16/h8-12,19H,3,6-7,13H2,1-2,4-5H3. The number of hydrogen-bond donors (Lipinski definition) is 1. The third-order valence-electron chi connectivity index (χ3n) is 4.01. The van der Waals surface area contributed by atoms with Crippen LogP contribution in [0.5, 0.6) is 0 Å². The summed E-state index contributed by atoms with van der Waals surface area (Å²) in [6.45, 7) is 9.78. The van der Waals surface area contributed by atoms with Crippen LogP contribution in [-0.4, -0.2) is 29.1 Å². The van der Waals surface area contributed by atoms with Gasteiger partial charge < -0.3 is 14.4 Å². The zero-order valence-corrected chi connectivity index (χ0v) is 16.6. The van der Waals surface area contributed by atoms with Gasteiger partial charge >= 0.3 is 7.60 Å². The summed E-state index contributed by atoms with van der Waals surface area (Å²) in [5.41, 5.74) is 1.77. The minimum Gasteiger partial charge on any atom is -0.375 e. The number of rotatable bonds is 9. The van der Waals surface area contributed by atoms with Crippen LogP contribution in [0, 0.1) is 6.92 Å². The molecule has 26 heavy (non-hydrogen) atoms. The number of nitrogens with one attached hydrogen (secondary N) is 1. The Hall–Kier alpha value is -2.08. The Morgan fingerprint density at radius 1 is 1.19 bits per heavy atom. The minimum atomic E-state index is -3.41. The monoisotopic (exact) mass is 379 g/mol. The summed E-state index contributed by atoms with van der Waals surface area (Å²) in [5, 5.41) is 3.34. The Morgan fingerprint density at radius 2 is 1.77 bits per heavy atom. The van der Waals surface area contributed by atoms with Gasteiger partial charge in [-0.3, -0.25) is 14.0 Å². The summed E-state index contributed by atoms with van der Waals surface area (Å²) in [5.74, 6) is 0. The van der Waals surface area contributed by atoms with E-state index in [2.05, 4.69) is 11.9 Å². The molecule has 7 nitrogen and oxygen atoms in total. The first kappa shape index (κ1) is 20.2. The molecular weight excluding hydrogens is 353 g/mol. The number of aromatic nitrogens is 2. The van der Waals surface area contributed by atoms with E-state index >= 15 is 0 Å². The molecule has 1 N–H and O–H groups in total. The van der Waals surface area contributed by atoms with Crippen molar-refractivity contribution < 1.29 is 13.6 Å². The van der Waals surface area contributed by atoms with Gasteiger partial charge in [0.15, 0.2) is 0 Å². The van der Waals surface area contributed by atoms with Gasteiger partial charge in [-0.05, 0) is 32.9 Å². The molecule has 0 atom stereocenters. The number of benzene rings is 1. The quantitative estimate of drug-likeness (QED) is 0.673. The van der Waals surface area contributed by atoms with E-state index < -0.39 is 7.60 Å². The first-order chi connectivity index (χ1) is 12.4. The van der Waals surface area contributed by atoms with Crippen molar-refractivity contribution in [3.05, 3.63) is 58.3 Å². The average Bonchev–Trinajstić information content (AvgIpc) is 2.83. The van der Waals surface area contributed by atoms with Crippen LogP contribution >= 0.6 is 7.60 Å². The van der Waals surface area contributed by atoms with Gasteiger partial charge in [-0.25, -0.2) is 4.68 Å². The maximum absolute atomic E-state index is 12.8. The van der Waals surface area contributed by atoms with Gasteiger partial charge in [-0.1, -0.05) is 24.8 Å². The highest BCUT2D eigenvalue weighted by atomic mass is 31.2. The SMILES string of the molecule is C=C(CNc1c(C)n(C)n(-c2ccccc2)c1=O)P(=O)(OCC)OCC. The lowest BCUT2D eigenvalue weighted by atomic mass is 10.3. The average molecular weight is 379 g/mol. The Balaban J connectivity index is 2.27. The van der Waals surface area contributed by atoms with Gasteiger partial charge in [0.1, 0.15) is 5.69 Å². The minimum absolute atomic E-state index is 0.117. The highest BCUT2D eigenvalue weighted by Gasteiger charge is 2.28. The summed E-state index contributed by atoms with van der Waals surface area (Å²) in [6, 6.07) is 9.37. The fraction of sp³-hybridized carbons (Fsp3) is 0.389. The van der Waals surface area contributed by atoms with E-state index in [1.54, 1.807) is 23.2 Å². The molecule has 1 aromatic carbocycles. The summed E-state index contributed by atoms with van der Waals surface area (Å²) < 4.78 is 26.6. The maximum Gasteiger partial charge on any atom is 0.358 e. The number of nitrogens with zero attached hydrogens (tertiary/aromatic N) is 2. The predicted octanol–water partition coefficient (Wildman–Crippen LogP) is 3.68. The second-order valence-corrected chi connectivity index (χ2v) is 7.83. The zero-order valence-electron chi connectivity index (χ0n) is 15.7. The Morgan fingerprint density at radius 3 is 2.31 bits per heavy atom. The molecule has 1 aromatic heterocycles. The van der Waals surface area contributed by atoms with Crippen molar-refractivity contribution in [1.82, 2.24) is 9.36 Å². The summed E-state index contributed by atoms with van der Waals surface area (Å²) in [6.07, 6.45) is 0. The first-order valence-electron chi connectivity index (χ1n) is 8.51. The molecule has 0 spiro atoms. The van der Waals surface area contributed by atoms with E-state index in [0.29, 0.717) is 5.69 Å². The smallest absolute Gasteiger partial charge is 0.358 e. The van der Waals surface area contributed by atoms with Crippen LogP contribution in [0.4, 0.5) is 5.69 Å². The summed E-state index contributed by atoms with van der Waals surface area (Å²) in [7, 11) is -1.60. The highest BCUT2D eigenvalue weighted by molar-refractivity contribution is 7.58. The van der Waals surface area contributed by atoms with Crippen LogP contribution in [0.3, 0.4) is 0 Å². The lowest BCUT2D eigenvalue weighted by Crippen LogP contribution is -2.21. The van der Waals surface area contributed by atoms with Crippen molar-refractivity contribution in [2.24, 2.45) is 7.05 Å². The molecule has 8 heteroatoms. The van der Waals surface area contributed by atoms with Gasteiger partial charge in [-0.2, -0.15) is 0 Å². The molecule has 142 valence electrons. The Bertz CT molecular complexity index is 861. The number of hydrogen-bond acceptors (Lipinski definition) is 5. The third kappa shape index (κ3) is 4.01. The third-order valence-corrected chi connectivity index (χ3v) is 6.14. The maximum atomic E-state index is 12.8. The van der Waals surface area contributed by atoms with Gasteiger partial charge in [0.25, 0.3) is 5.56 Å². The van der Waals surface area contributed by atoms with E-state index in [9.17, 15) is 9.36 Å². The molecule has 0 aliphatic carbocycles. The molecule has 0 bridgehead atoms. The second-order valence-electron chi connectivity index (χ2n) is 5.69. The van der Waals surface area contributed by atoms with Crippen molar-refractivity contribution in [3.8, 4) is 5.69 Å². The van der Waals surface area contributed by atoms with Crippen LogP contribution in [0.15, 0.2) is 47.0 Å². The van der Waals surface area contributed by atoms with E-state index in [1.807, 2.05) is 44.3 Å². The van der Waals surface area contributed by atoms with Crippen LogP contribution in [0.1, 0.15) is 19.5 Å². The number of para-hydroxylation sites is 1. The molecule has 0 unspecified atom stereocenters. The van der Waals surface area contributed by atoms with Crippen molar-refractivity contribution in [1.29, 1.82) is 0 Å². The lowest BCUT2D eigenvalue weighted by Gasteiger charge is -2.19. The molecule has 2 aromatic rings. The molecular formula is C18H26N3O4P. The topological polar surface area (TPSA) is 74.5 Å². The Kier molecular flexibility index (Phi) is 6.64. The van der Waals surface area contributed by atoms with Crippen LogP contribution in [0.2, 0.25) is 0 Å². The Labute approximate surface area is 153 Å². The van der Waals surface area contributed by atoms with Crippen LogP contribution < -0.4 is 10.9 Å². The molecule has 0 saturated heterocycles. The fourth-order valence-electron chi connectivity index (χ4n) is 2.62. The molecule has 0 aliphatic rings. The van der Waals surface area contributed by atoms with Crippen LogP contribution in [0.25, 0.3) is 5.69 Å². The summed E-state index contributed by atoms with van der Waals surface area (Å²) in [4.78, 5) is 12.8. The highest BCUT2D eigenvalue weighted by Crippen LogP contribution is 2.55. The largest absolute Gasteiger partial charge is 0.375 e. The van der Waals surface area contributed by atoms with E-state index in [-0.39, 0.29) is 30.6 Å². The summed E-state index contributed by atoms with van der Waals surface area (Å²) >= 11 is 0. The zero-order chi connectivity index (χ0) is 19.3. The van der Waals surface area contributed by atoms with E-state index in [1.165, 1.54) is 0 Å². The molecule has 0 radical (unpaired) electrons. The molecule has 0 fully saturated rings. The lowest BCUT2D eigenvalue weighted by molar-refractivity contribution is 0.226. The molecule has 1 heterocycles. The van der Waals surface area contributed by atoms with E-state index in [4.69, 9.17) is 9.05 Å². The van der Waals surface area contributed by atoms with Crippen LogP contribution in [-0.2, 0) is 20.7 Å². The normalized spacial score (nSPS) is 11.5. The van der Waals surface area contributed by atoms with Gasteiger partial charge in [0.05, 0.1) is 29.9 Å². The molecule has 0 amide bonds. The van der Waals surface area contributed by atoms with Gasteiger partial charge in [0, 0.05) is 13.6 Å². The predicted molar refractivity (Wildman–Crippen MR) is 104 cm³/mol. The molecule has 0 aliphatic heterocycles.